The van der Waals surface area contributed by atoms with Crippen LogP contribution >= 0.6 is 0 Å². The van der Waals surface area contributed by atoms with Gasteiger partial charge in [0, 0.05) is 22.3 Å². The summed E-state index contributed by atoms with van der Waals surface area (Å²) in [5, 5.41) is 4.22. The molecule has 2 N–H and O–H groups in total. The van der Waals surface area contributed by atoms with E-state index in [1.807, 2.05) is 25.1 Å². The molecule has 0 saturated heterocycles. The van der Waals surface area contributed by atoms with Gasteiger partial charge >= 0.3 is 0 Å². The van der Waals surface area contributed by atoms with E-state index >= 15 is 0 Å². The van der Waals surface area contributed by atoms with E-state index in [2.05, 4.69) is 29.7 Å². The van der Waals surface area contributed by atoms with Gasteiger partial charge in [-0.25, -0.2) is 0 Å². The summed E-state index contributed by atoms with van der Waals surface area (Å²) in [5.41, 5.74) is 8.70. The first-order valence-corrected chi connectivity index (χ1v) is 11.6. The Morgan fingerprint density at radius 2 is 2.00 bits per heavy atom. The predicted molar refractivity (Wildman–Crippen MR) is 129 cm³/mol. The summed E-state index contributed by atoms with van der Waals surface area (Å²) in [4.78, 5) is 15.9. The van der Waals surface area contributed by atoms with Crippen molar-refractivity contribution < 1.29 is 14.1 Å². The summed E-state index contributed by atoms with van der Waals surface area (Å²) in [6.45, 7) is 8.84. The fourth-order valence-electron chi connectivity index (χ4n) is 5.03. The highest BCUT2D eigenvalue weighted by Crippen LogP contribution is 2.51. The fourth-order valence-corrected chi connectivity index (χ4v) is 5.03. The molecule has 0 aliphatic heterocycles. The van der Waals surface area contributed by atoms with E-state index in [0.717, 1.165) is 42.6 Å². The maximum absolute atomic E-state index is 11.3. The highest BCUT2D eigenvalue weighted by Gasteiger charge is 2.40. The third kappa shape index (κ3) is 4.56. The van der Waals surface area contributed by atoms with Crippen molar-refractivity contribution in [3.05, 3.63) is 66.2 Å². The Bertz CT molecular complexity index is 1140. The van der Waals surface area contributed by atoms with Gasteiger partial charge in [-0.3, -0.25) is 4.79 Å². The van der Waals surface area contributed by atoms with Crippen LogP contribution in [0.1, 0.15) is 61.9 Å². The maximum Gasteiger partial charge on any atom is 0.258 e. The maximum atomic E-state index is 11.3. The van der Waals surface area contributed by atoms with E-state index in [1.54, 1.807) is 24.3 Å². The first-order chi connectivity index (χ1) is 16.0. The van der Waals surface area contributed by atoms with Crippen LogP contribution in [-0.4, -0.2) is 22.7 Å². The van der Waals surface area contributed by atoms with E-state index in [-0.39, 0.29) is 5.41 Å². The summed E-state index contributed by atoms with van der Waals surface area (Å²) >= 11 is 0. The Balaban J connectivity index is 1.68. The molecule has 1 fully saturated rings. The van der Waals surface area contributed by atoms with Crippen molar-refractivity contribution in [2.45, 2.75) is 51.4 Å². The number of benzene rings is 2. The molecule has 1 amide bonds. The van der Waals surface area contributed by atoms with Crippen LogP contribution < -0.4 is 10.5 Å². The van der Waals surface area contributed by atoms with E-state index in [4.69, 9.17) is 15.0 Å². The largest absolute Gasteiger partial charge is 0.494 e. The number of hydrogen-bond acceptors (Lipinski definition) is 5. The smallest absolute Gasteiger partial charge is 0.258 e. The van der Waals surface area contributed by atoms with Crippen molar-refractivity contribution in [2.24, 2.45) is 11.7 Å². The second-order valence-electron chi connectivity index (χ2n) is 8.78. The molecule has 1 heterocycles. The number of carbonyl (C=O) groups excluding carboxylic acids is 1. The lowest BCUT2D eigenvalue weighted by atomic mass is 9.75. The van der Waals surface area contributed by atoms with Crippen LogP contribution in [0, 0.1) is 5.92 Å². The van der Waals surface area contributed by atoms with Crippen LogP contribution in [0.15, 0.2) is 59.6 Å². The lowest BCUT2D eigenvalue weighted by Crippen LogP contribution is -2.23. The van der Waals surface area contributed by atoms with Crippen molar-refractivity contribution in [1.29, 1.82) is 0 Å². The van der Waals surface area contributed by atoms with Gasteiger partial charge in [-0.1, -0.05) is 18.2 Å². The topological polar surface area (TPSA) is 91.2 Å². The highest BCUT2D eigenvalue weighted by molar-refractivity contribution is 5.93. The highest BCUT2D eigenvalue weighted by atomic mass is 16.5. The molecule has 0 radical (unpaired) electrons. The number of allylic oxidation sites excluding steroid dienone is 1. The molecule has 6 nitrogen and oxygen atoms in total. The SMILES string of the molecule is C=CCC1CCC(CC)(c2cc(-c3noc(-c4ccc(C(N)=O)cc4)n3)ccc2OCC)C1. The van der Waals surface area contributed by atoms with Crippen LogP contribution in [0.25, 0.3) is 22.8 Å². The van der Waals surface area contributed by atoms with Crippen LogP contribution in [0.5, 0.6) is 5.75 Å². The van der Waals surface area contributed by atoms with Crippen molar-refractivity contribution in [1.82, 2.24) is 10.1 Å². The van der Waals surface area contributed by atoms with Crippen molar-refractivity contribution in [3.8, 4) is 28.6 Å². The number of primary amides is 1. The number of nitrogens with two attached hydrogens (primary N) is 1. The Morgan fingerprint density at radius 1 is 1.24 bits per heavy atom. The predicted octanol–water partition coefficient (Wildman–Crippen LogP) is 5.93. The first-order valence-electron chi connectivity index (χ1n) is 11.6. The van der Waals surface area contributed by atoms with Gasteiger partial charge in [0.2, 0.25) is 11.7 Å². The molecule has 6 heteroatoms. The minimum atomic E-state index is -0.471. The third-order valence-corrected chi connectivity index (χ3v) is 6.84. The number of nitrogens with zero attached hydrogens (tertiary/aromatic N) is 2. The molecule has 1 saturated carbocycles. The number of ether oxygens (including phenoxy) is 1. The zero-order chi connectivity index (χ0) is 23.4. The minimum Gasteiger partial charge on any atom is -0.494 e. The molecule has 172 valence electrons. The normalized spacial score (nSPS) is 20.0. The van der Waals surface area contributed by atoms with Gasteiger partial charge in [-0.05, 0) is 92.8 Å². The molecule has 2 unspecified atom stereocenters. The van der Waals surface area contributed by atoms with Crippen molar-refractivity contribution in [3.63, 3.8) is 0 Å². The van der Waals surface area contributed by atoms with Gasteiger partial charge in [0.25, 0.3) is 5.89 Å². The van der Waals surface area contributed by atoms with Gasteiger partial charge in [-0.2, -0.15) is 4.98 Å². The summed E-state index contributed by atoms with van der Waals surface area (Å²) in [6.07, 6.45) is 7.59. The number of amides is 1. The van der Waals surface area contributed by atoms with E-state index in [0.29, 0.717) is 29.8 Å². The lowest BCUT2D eigenvalue weighted by Gasteiger charge is -2.31. The van der Waals surface area contributed by atoms with Gasteiger partial charge in [0.15, 0.2) is 0 Å². The second-order valence-corrected chi connectivity index (χ2v) is 8.78. The molecule has 1 aliphatic carbocycles. The molecule has 33 heavy (non-hydrogen) atoms. The average Bonchev–Trinajstić information content (AvgIpc) is 3.48. The number of hydrogen-bond donors (Lipinski definition) is 1. The number of carbonyl (C=O) groups is 1. The molecule has 1 aliphatic rings. The minimum absolute atomic E-state index is 0.0747. The van der Waals surface area contributed by atoms with E-state index in [1.165, 1.54) is 12.0 Å². The van der Waals surface area contributed by atoms with Crippen LogP contribution in [0.3, 0.4) is 0 Å². The monoisotopic (exact) mass is 445 g/mol. The summed E-state index contributed by atoms with van der Waals surface area (Å²) in [7, 11) is 0. The third-order valence-electron chi connectivity index (χ3n) is 6.84. The van der Waals surface area contributed by atoms with Crippen molar-refractivity contribution in [2.75, 3.05) is 6.61 Å². The van der Waals surface area contributed by atoms with Crippen LogP contribution in [0.4, 0.5) is 0 Å². The molecule has 2 atom stereocenters. The van der Waals surface area contributed by atoms with Gasteiger partial charge in [-0.15, -0.1) is 6.58 Å². The Labute approximate surface area is 194 Å². The Hall–Kier alpha value is -3.41. The Kier molecular flexibility index (Phi) is 6.63. The van der Waals surface area contributed by atoms with E-state index in [9.17, 15) is 4.79 Å². The van der Waals surface area contributed by atoms with E-state index < -0.39 is 5.91 Å². The van der Waals surface area contributed by atoms with Gasteiger partial charge in [0.1, 0.15) is 5.75 Å². The first kappa shape index (κ1) is 22.8. The molecule has 1 aromatic heterocycles. The van der Waals surface area contributed by atoms with Crippen molar-refractivity contribution >= 4 is 5.91 Å². The average molecular weight is 446 g/mol. The lowest BCUT2D eigenvalue weighted by molar-refractivity contribution is 0.100. The second kappa shape index (κ2) is 9.61. The Morgan fingerprint density at radius 3 is 2.67 bits per heavy atom. The van der Waals surface area contributed by atoms with Gasteiger partial charge < -0.3 is 15.0 Å². The zero-order valence-electron chi connectivity index (χ0n) is 19.3. The molecule has 2 aromatic carbocycles. The molecule has 0 spiro atoms. The fraction of sp³-hybridized carbons (Fsp3) is 0.370. The summed E-state index contributed by atoms with van der Waals surface area (Å²) in [5.74, 6) is 2.05. The molecule has 4 rings (SSSR count). The molecular formula is C27H31N3O3. The number of aromatic nitrogens is 2. The molecular weight excluding hydrogens is 414 g/mol. The van der Waals surface area contributed by atoms with Crippen LogP contribution in [-0.2, 0) is 5.41 Å². The van der Waals surface area contributed by atoms with Crippen LogP contribution in [0.2, 0.25) is 0 Å². The standard InChI is InChI=1S/C27H31N3O3/c1-4-7-18-14-15-27(5-2,17-18)22-16-21(12-13-23(22)32-6-3)25-29-26(33-30-25)20-10-8-19(9-11-20)24(28)31/h4,8-13,16,18H,1,5-7,14-15,17H2,2-3H3,(H2,28,31). The molecule has 0 bridgehead atoms. The zero-order valence-corrected chi connectivity index (χ0v) is 19.3. The quantitative estimate of drug-likeness (QED) is 0.413. The summed E-state index contributed by atoms with van der Waals surface area (Å²) < 4.78 is 11.6. The van der Waals surface area contributed by atoms with Gasteiger partial charge in [0.05, 0.1) is 6.61 Å². The summed E-state index contributed by atoms with van der Waals surface area (Å²) in [6, 6.07) is 13.0. The number of rotatable bonds is 9. The molecule has 3 aromatic rings.